The number of nitrogens with one attached hydrogen (secondary N) is 2. The van der Waals surface area contributed by atoms with Gasteiger partial charge in [-0.15, -0.1) is 0 Å². The highest BCUT2D eigenvalue weighted by Crippen LogP contribution is 2.24. The summed E-state index contributed by atoms with van der Waals surface area (Å²) in [4.78, 5) is 22.2. The topological polar surface area (TPSA) is 150 Å². The molecule has 0 radical (unpaired) electrons. The zero-order chi connectivity index (χ0) is 21.1. The van der Waals surface area contributed by atoms with Crippen LogP contribution in [-0.2, 0) is 0 Å². The van der Waals surface area contributed by atoms with Crippen molar-refractivity contribution < 1.29 is 4.79 Å². The minimum Gasteiger partial charge on any atom is -0.365 e. The van der Waals surface area contributed by atoms with E-state index in [0.717, 1.165) is 37.1 Å². The third-order valence-corrected chi connectivity index (χ3v) is 5.13. The summed E-state index contributed by atoms with van der Waals surface area (Å²) in [7, 11) is 0. The summed E-state index contributed by atoms with van der Waals surface area (Å²) in [5, 5.41) is 15.0. The number of nitrogens with two attached hydrogens (primary N) is 2. The quantitative estimate of drug-likeness (QED) is 0.484. The van der Waals surface area contributed by atoms with Crippen LogP contribution in [0.5, 0.6) is 0 Å². The second-order valence-electron chi connectivity index (χ2n) is 7.47. The molecule has 6 N–H and O–H groups in total. The Bertz CT molecular complexity index is 1050. The summed E-state index contributed by atoms with van der Waals surface area (Å²) >= 11 is 0. The van der Waals surface area contributed by atoms with E-state index in [2.05, 4.69) is 30.8 Å². The predicted molar refractivity (Wildman–Crippen MR) is 114 cm³/mol. The molecular weight excluding hydrogens is 382 g/mol. The van der Waals surface area contributed by atoms with Gasteiger partial charge in [-0.25, -0.2) is 4.98 Å². The summed E-state index contributed by atoms with van der Waals surface area (Å²) in [5.74, 6) is 0.121. The number of carbonyl (C=O) groups is 1. The highest BCUT2D eigenvalue weighted by atomic mass is 16.1. The van der Waals surface area contributed by atoms with E-state index in [1.807, 2.05) is 31.2 Å². The number of carbonyl (C=O) groups excluding carboxylic acids is 1. The highest BCUT2D eigenvalue weighted by Gasteiger charge is 2.23. The largest absolute Gasteiger partial charge is 0.365 e. The van der Waals surface area contributed by atoms with Crippen molar-refractivity contribution in [3.63, 3.8) is 0 Å². The average molecular weight is 407 g/mol. The predicted octanol–water partition coefficient (Wildman–Crippen LogP) is 1.89. The van der Waals surface area contributed by atoms with Crippen LogP contribution in [0.25, 0.3) is 5.69 Å². The number of rotatable bonds is 6. The van der Waals surface area contributed by atoms with E-state index in [1.165, 1.54) is 11.0 Å². The van der Waals surface area contributed by atoms with Crippen LogP contribution >= 0.6 is 0 Å². The minimum absolute atomic E-state index is 0.0521. The molecule has 0 bridgehead atoms. The monoisotopic (exact) mass is 407 g/mol. The van der Waals surface area contributed by atoms with Crippen molar-refractivity contribution in [2.45, 2.75) is 44.7 Å². The maximum Gasteiger partial charge on any atom is 0.254 e. The van der Waals surface area contributed by atoms with E-state index in [4.69, 9.17) is 11.5 Å². The molecule has 0 unspecified atom stereocenters. The third kappa shape index (κ3) is 4.38. The number of nitrogens with zero attached hydrogens (tertiary/aromatic N) is 5. The van der Waals surface area contributed by atoms with Gasteiger partial charge in [0.1, 0.15) is 11.4 Å². The Morgan fingerprint density at radius 3 is 2.80 bits per heavy atom. The van der Waals surface area contributed by atoms with Crippen LogP contribution in [0.1, 0.15) is 41.7 Å². The SMILES string of the molecule is Cc1cnn(-c2cccc(Nc3nc(N[C@@H]4CCCC[C@@H]4N)ncc3C(N)=O)c2)n1. The zero-order valence-corrected chi connectivity index (χ0v) is 16.7. The van der Waals surface area contributed by atoms with Gasteiger partial charge >= 0.3 is 0 Å². The van der Waals surface area contributed by atoms with Crippen LogP contribution < -0.4 is 22.1 Å². The van der Waals surface area contributed by atoms with Crippen molar-refractivity contribution in [2.24, 2.45) is 11.5 Å². The van der Waals surface area contributed by atoms with Crippen LogP contribution in [0.2, 0.25) is 0 Å². The Morgan fingerprint density at radius 2 is 2.07 bits per heavy atom. The van der Waals surface area contributed by atoms with Gasteiger partial charge in [-0.1, -0.05) is 18.9 Å². The first-order valence-electron chi connectivity index (χ1n) is 9.95. The first-order chi connectivity index (χ1) is 14.5. The molecule has 1 aromatic carbocycles. The molecule has 4 rings (SSSR count). The van der Waals surface area contributed by atoms with Gasteiger partial charge in [-0.3, -0.25) is 4.79 Å². The van der Waals surface area contributed by atoms with Crippen LogP contribution in [0.3, 0.4) is 0 Å². The van der Waals surface area contributed by atoms with Crippen molar-refractivity contribution >= 4 is 23.4 Å². The molecule has 2 heterocycles. The standard InChI is InChI=1S/C20H25N9O/c1-12-10-24-29(28-12)14-6-4-5-13(9-14)25-19-15(18(22)30)11-23-20(27-19)26-17-8-3-2-7-16(17)21/h4-6,9-11,16-17H,2-3,7-8,21H2,1H3,(H2,22,30)(H2,23,25,26,27)/t16-,17+/m0/s1. The number of hydrogen-bond donors (Lipinski definition) is 4. The molecule has 1 fully saturated rings. The summed E-state index contributed by atoms with van der Waals surface area (Å²) in [5.41, 5.74) is 14.2. The van der Waals surface area contributed by atoms with E-state index in [1.54, 1.807) is 6.20 Å². The van der Waals surface area contributed by atoms with E-state index in [9.17, 15) is 4.79 Å². The molecular formula is C20H25N9O. The van der Waals surface area contributed by atoms with Crippen molar-refractivity contribution in [2.75, 3.05) is 10.6 Å². The van der Waals surface area contributed by atoms with Gasteiger partial charge in [0.25, 0.3) is 5.91 Å². The molecule has 2 atom stereocenters. The molecule has 0 aliphatic heterocycles. The van der Waals surface area contributed by atoms with Crippen molar-refractivity contribution in [1.82, 2.24) is 25.0 Å². The average Bonchev–Trinajstić information content (AvgIpc) is 3.16. The van der Waals surface area contributed by atoms with Crippen LogP contribution in [0.4, 0.5) is 17.5 Å². The second kappa shape index (κ2) is 8.46. The number of amides is 1. The van der Waals surface area contributed by atoms with E-state index in [-0.39, 0.29) is 17.6 Å². The Balaban J connectivity index is 1.60. The molecule has 10 heteroatoms. The number of anilines is 3. The lowest BCUT2D eigenvalue weighted by Crippen LogP contribution is -2.43. The Labute approximate surface area is 174 Å². The smallest absolute Gasteiger partial charge is 0.254 e. The summed E-state index contributed by atoms with van der Waals surface area (Å²) in [6, 6.07) is 7.62. The zero-order valence-electron chi connectivity index (χ0n) is 16.7. The first-order valence-corrected chi connectivity index (χ1v) is 9.95. The van der Waals surface area contributed by atoms with Gasteiger partial charge in [0.05, 0.1) is 17.6 Å². The maximum absolute atomic E-state index is 11.9. The maximum atomic E-state index is 11.9. The molecule has 0 spiro atoms. The fraction of sp³-hybridized carbons (Fsp3) is 0.350. The van der Waals surface area contributed by atoms with Gasteiger partial charge < -0.3 is 22.1 Å². The van der Waals surface area contributed by atoms with E-state index >= 15 is 0 Å². The lowest BCUT2D eigenvalue weighted by atomic mass is 9.91. The lowest BCUT2D eigenvalue weighted by molar-refractivity contribution is 0.100. The molecule has 1 saturated carbocycles. The molecule has 1 aliphatic rings. The second-order valence-corrected chi connectivity index (χ2v) is 7.47. The molecule has 30 heavy (non-hydrogen) atoms. The van der Waals surface area contributed by atoms with Gasteiger partial charge in [0, 0.05) is 24.0 Å². The van der Waals surface area contributed by atoms with E-state index in [0.29, 0.717) is 17.5 Å². The molecule has 156 valence electrons. The van der Waals surface area contributed by atoms with Crippen molar-refractivity contribution in [3.8, 4) is 5.69 Å². The van der Waals surface area contributed by atoms with Crippen molar-refractivity contribution in [1.29, 1.82) is 0 Å². The summed E-state index contributed by atoms with van der Waals surface area (Å²) in [6.07, 6.45) is 7.29. The van der Waals surface area contributed by atoms with Gasteiger partial charge in [-0.05, 0) is 38.0 Å². The molecule has 1 aliphatic carbocycles. The Morgan fingerprint density at radius 1 is 1.23 bits per heavy atom. The van der Waals surface area contributed by atoms with Crippen molar-refractivity contribution in [3.05, 3.63) is 47.9 Å². The fourth-order valence-corrected chi connectivity index (χ4v) is 3.54. The Hall–Kier alpha value is -3.53. The van der Waals surface area contributed by atoms with Gasteiger partial charge in [-0.2, -0.15) is 20.0 Å². The number of hydrogen-bond acceptors (Lipinski definition) is 8. The summed E-state index contributed by atoms with van der Waals surface area (Å²) < 4.78 is 0. The third-order valence-electron chi connectivity index (χ3n) is 5.13. The first kappa shape index (κ1) is 19.8. The van der Waals surface area contributed by atoms with Gasteiger partial charge in [0.2, 0.25) is 5.95 Å². The minimum atomic E-state index is -0.612. The highest BCUT2D eigenvalue weighted by molar-refractivity contribution is 5.98. The fourth-order valence-electron chi connectivity index (χ4n) is 3.54. The number of primary amides is 1. The lowest BCUT2D eigenvalue weighted by Gasteiger charge is -2.29. The summed E-state index contributed by atoms with van der Waals surface area (Å²) in [6.45, 7) is 1.87. The van der Waals surface area contributed by atoms with Gasteiger partial charge in [0.15, 0.2) is 0 Å². The molecule has 0 saturated heterocycles. The molecule has 1 amide bonds. The molecule has 2 aromatic heterocycles. The van der Waals surface area contributed by atoms with E-state index < -0.39 is 5.91 Å². The van der Waals surface area contributed by atoms with Crippen LogP contribution in [0, 0.1) is 6.92 Å². The normalized spacial score (nSPS) is 18.7. The van der Waals surface area contributed by atoms with Crippen LogP contribution in [0.15, 0.2) is 36.7 Å². The number of benzene rings is 1. The number of aromatic nitrogens is 5. The Kier molecular flexibility index (Phi) is 5.57. The number of aryl methyl sites for hydroxylation is 1. The van der Waals surface area contributed by atoms with Crippen LogP contribution in [-0.4, -0.2) is 43.0 Å². The molecule has 10 nitrogen and oxygen atoms in total. The molecule has 3 aromatic rings.